The van der Waals surface area contributed by atoms with Crippen molar-refractivity contribution in [2.75, 3.05) is 0 Å². The predicted octanol–water partition coefficient (Wildman–Crippen LogP) is 3.50. The van der Waals surface area contributed by atoms with Crippen molar-refractivity contribution in [1.29, 1.82) is 0 Å². The van der Waals surface area contributed by atoms with E-state index in [0.29, 0.717) is 0 Å². The molecule has 0 aromatic heterocycles. The summed E-state index contributed by atoms with van der Waals surface area (Å²) in [6, 6.07) is 0. The fourth-order valence-corrected chi connectivity index (χ4v) is 1.95. The summed E-state index contributed by atoms with van der Waals surface area (Å²) in [7, 11) is 0. The van der Waals surface area contributed by atoms with Gasteiger partial charge in [-0.15, -0.1) is 0 Å². The van der Waals surface area contributed by atoms with Crippen LogP contribution in [0, 0.1) is 0 Å². The van der Waals surface area contributed by atoms with Crippen molar-refractivity contribution in [1.82, 2.24) is 0 Å². The van der Waals surface area contributed by atoms with Crippen LogP contribution in [0.3, 0.4) is 0 Å². The number of fused-ring (bicyclic) bond motifs is 2. The third kappa shape index (κ3) is 0.883. The zero-order chi connectivity index (χ0) is 12.4. The SMILES string of the molecule is F/C=C1/CC2(F)C=CC1(F)C(F)(F)C2(F)F. The van der Waals surface area contributed by atoms with E-state index in [-0.39, 0.29) is 12.2 Å². The Hall–Kier alpha value is -1.01. The highest BCUT2D eigenvalue weighted by Gasteiger charge is 2.83. The molecule has 0 N–H and O–H groups in total. The van der Waals surface area contributed by atoms with Crippen LogP contribution in [-0.2, 0) is 0 Å². The minimum Gasteiger partial charge on any atom is -0.232 e. The van der Waals surface area contributed by atoms with Gasteiger partial charge in [0.1, 0.15) is 0 Å². The lowest BCUT2D eigenvalue weighted by molar-refractivity contribution is -0.313. The van der Waals surface area contributed by atoms with Crippen molar-refractivity contribution in [3.05, 3.63) is 24.1 Å². The molecule has 0 saturated heterocycles. The third-order valence-corrected chi connectivity index (χ3v) is 3.00. The molecule has 90 valence electrons. The smallest absolute Gasteiger partial charge is 0.232 e. The molecule has 0 aromatic carbocycles. The zero-order valence-electron chi connectivity index (χ0n) is 7.58. The van der Waals surface area contributed by atoms with Crippen LogP contribution in [0.4, 0.5) is 30.7 Å². The lowest BCUT2D eigenvalue weighted by Crippen LogP contribution is -2.71. The molecule has 1 fully saturated rings. The molecule has 0 heterocycles. The first-order valence-electron chi connectivity index (χ1n) is 4.26. The molecular formula is C9H5F7. The fraction of sp³-hybridized carbons (Fsp3) is 0.556. The largest absolute Gasteiger partial charge is 0.354 e. The Morgan fingerprint density at radius 1 is 0.938 bits per heavy atom. The summed E-state index contributed by atoms with van der Waals surface area (Å²) in [6.07, 6.45) is -2.00. The number of rotatable bonds is 0. The van der Waals surface area contributed by atoms with Crippen LogP contribution in [0.25, 0.3) is 0 Å². The molecule has 7 heteroatoms. The molecule has 1 saturated carbocycles. The molecule has 0 aliphatic heterocycles. The van der Waals surface area contributed by atoms with Crippen LogP contribution in [0.15, 0.2) is 24.1 Å². The standard InChI is InChI=1S/C9H5F7/c10-4-5-3-6(11)1-2-7(5,12)9(15,16)8(6,13)14/h1-2,4H,3H2/b5-4-. The maximum absolute atomic E-state index is 13.7. The van der Waals surface area contributed by atoms with Crippen LogP contribution in [-0.4, -0.2) is 23.2 Å². The highest BCUT2D eigenvalue weighted by Crippen LogP contribution is 2.64. The maximum atomic E-state index is 13.7. The van der Waals surface area contributed by atoms with Gasteiger partial charge in [-0.2, -0.15) is 17.6 Å². The molecule has 2 atom stereocenters. The van der Waals surface area contributed by atoms with Gasteiger partial charge in [0.2, 0.25) is 11.3 Å². The van der Waals surface area contributed by atoms with E-state index in [9.17, 15) is 30.7 Å². The second kappa shape index (κ2) is 2.62. The van der Waals surface area contributed by atoms with Gasteiger partial charge in [-0.25, -0.2) is 13.2 Å². The molecule has 3 rings (SSSR count). The average Bonchev–Trinajstić information content (AvgIpc) is 2.19. The Kier molecular flexibility index (Phi) is 1.88. The molecule has 2 unspecified atom stereocenters. The lowest BCUT2D eigenvalue weighted by atomic mass is 9.64. The van der Waals surface area contributed by atoms with Crippen molar-refractivity contribution < 1.29 is 30.7 Å². The first kappa shape index (κ1) is 11.5. The average molecular weight is 246 g/mol. The van der Waals surface area contributed by atoms with Gasteiger partial charge in [0.15, 0.2) is 0 Å². The molecule has 0 amide bonds. The number of alkyl halides is 6. The van der Waals surface area contributed by atoms with Gasteiger partial charge >= 0.3 is 11.8 Å². The van der Waals surface area contributed by atoms with Crippen LogP contribution in [0.1, 0.15) is 6.42 Å². The maximum Gasteiger partial charge on any atom is 0.354 e. The first-order valence-corrected chi connectivity index (χ1v) is 4.26. The van der Waals surface area contributed by atoms with Crippen molar-refractivity contribution >= 4 is 0 Å². The fourth-order valence-electron chi connectivity index (χ4n) is 1.95. The van der Waals surface area contributed by atoms with E-state index < -0.39 is 41.5 Å². The van der Waals surface area contributed by atoms with E-state index in [1.807, 2.05) is 0 Å². The topological polar surface area (TPSA) is 0 Å². The molecule has 3 aliphatic rings. The van der Waals surface area contributed by atoms with Crippen molar-refractivity contribution in [3.8, 4) is 0 Å². The normalized spacial score (nSPS) is 46.3. The Morgan fingerprint density at radius 3 is 2.00 bits per heavy atom. The summed E-state index contributed by atoms with van der Waals surface area (Å²) in [5, 5.41) is 0. The van der Waals surface area contributed by atoms with Crippen molar-refractivity contribution in [2.45, 2.75) is 29.6 Å². The Bertz CT molecular complexity index is 397. The van der Waals surface area contributed by atoms with E-state index in [4.69, 9.17) is 0 Å². The van der Waals surface area contributed by atoms with Crippen molar-refractivity contribution in [2.24, 2.45) is 0 Å². The summed E-state index contributed by atoms with van der Waals surface area (Å²) in [5.41, 5.74) is -9.02. The summed E-state index contributed by atoms with van der Waals surface area (Å²) >= 11 is 0. The van der Waals surface area contributed by atoms with E-state index >= 15 is 0 Å². The molecule has 16 heavy (non-hydrogen) atoms. The van der Waals surface area contributed by atoms with Crippen LogP contribution in [0.5, 0.6) is 0 Å². The zero-order valence-corrected chi connectivity index (χ0v) is 7.58. The second-order valence-corrected chi connectivity index (χ2v) is 3.87. The summed E-state index contributed by atoms with van der Waals surface area (Å²) in [5.74, 6) is -10.5. The van der Waals surface area contributed by atoms with E-state index in [2.05, 4.69) is 0 Å². The second-order valence-electron chi connectivity index (χ2n) is 3.87. The summed E-state index contributed by atoms with van der Waals surface area (Å²) < 4.78 is 91.7. The van der Waals surface area contributed by atoms with Crippen LogP contribution < -0.4 is 0 Å². The number of hydrogen-bond donors (Lipinski definition) is 0. The van der Waals surface area contributed by atoms with Gasteiger partial charge in [0, 0.05) is 12.0 Å². The van der Waals surface area contributed by atoms with Gasteiger partial charge in [0.25, 0.3) is 0 Å². The molecule has 3 aliphatic carbocycles. The summed E-state index contributed by atoms with van der Waals surface area (Å²) in [4.78, 5) is 0. The van der Waals surface area contributed by atoms with Gasteiger partial charge in [-0.1, -0.05) is 0 Å². The Morgan fingerprint density at radius 2 is 1.50 bits per heavy atom. The highest BCUT2D eigenvalue weighted by molar-refractivity contribution is 5.46. The molecule has 2 bridgehead atoms. The minimum absolute atomic E-state index is 0.0391. The van der Waals surface area contributed by atoms with Crippen LogP contribution in [0.2, 0.25) is 0 Å². The molecule has 0 nitrogen and oxygen atoms in total. The van der Waals surface area contributed by atoms with Gasteiger partial charge in [-0.3, -0.25) is 0 Å². The number of halogens is 7. The van der Waals surface area contributed by atoms with E-state index in [0.717, 1.165) is 0 Å². The monoisotopic (exact) mass is 246 g/mol. The quantitative estimate of drug-likeness (QED) is 0.453. The predicted molar refractivity (Wildman–Crippen MR) is 40.5 cm³/mol. The van der Waals surface area contributed by atoms with Crippen LogP contribution >= 0.6 is 0 Å². The van der Waals surface area contributed by atoms with E-state index in [1.54, 1.807) is 0 Å². The molecular weight excluding hydrogens is 241 g/mol. The molecule has 0 spiro atoms. The van der Waals surface area contributed by atoms with E-state index in [1.165, 1.54) is 0 Å². The van der Waals surface area contributed by atoms with Gasteiger partial charge in [0.05, 0.1) is 6.33 Å². The Balaban J connectivity index is 2.73. The van der Waals surface area contributed by atoms with Gasteiger partial charge in [-0.05, 0) is 12.2 Å². The van der Waals surface area contributed by atoms with Crippen molar-refractivity contribution in [3.63, 3.8) is 0 Å². The van der Waals surface area contributed by atoms with Gasteiger partial charge < -0.3 is 0 Å². The minimum atomic E-state index is -5.31. The third-order valence-electron chi connectivity index (χ3n) is 3.00. The summed E-state index contributed by atoms with van der Waals surface area (Å²) in [6.45, 7) is 0. The number of hydrogen-bond acceptors (Lipinski definition) is 0. The first-order chi connectivity index (χ1) is 7.12. The molecule has 0 aromatic rings. The highest BCUT2D eigenvalue weighted by atomic mass is 19.3. The lowest BCUT2D eigenvalue weighted by Gasteiger charge is -2.51. The number of allylic oxidation sites excluding steroid dienone is 3. The molecule has 0 radical (unpaired) electrons. The Labute approximate surface area is 85.4 Å².